The molecule has 2 aliphatic rings. The van der Waals surface area contributed by atoms with Crippen molar-refractivity contribution in [2.24, 2.45) is 4.99 Å². The number of rotatable bonds is 6. The second-order valence-electron chi connectivity index (χ2n) is 7.25. The van der Waals surface area contributed by atoms with Crippen molar-refractivity contribution in [3.05, 3.63) is 29.8 Å². The molecule has 1 aromatic carbocycles. The van der Waals surface area contributed by atoms with Gasteiger partial charge in [0.05, 0.1) is 13.1 Å². The number of amides is 1. The molecule has 3 rings (SSSR count). The monoisotopic (exact) mass is 537 g/mol. The first-order chi connectivity index (χ1) is 14.1. The maximum absolute atomic E-state index is 13.2. The number of halogens is 3. The molecule has 2 heterocycles. The topological polar surface area (TPSA) is 60.4 Å². The molecule has 7 nitrogen and oxygen atoms in total. The molecule has 1 amide bonds. The minimum Gasteiger partial charge on any atom is -0.492 e. The molecular weight excluding hydrogens is 507 g/mol. The van der Waals surface area contributed by atoms with Gasteiger partial charge in [-0.3, -0.25) is 14.7 Å². The highest BCUT2D eigenvalue weighted by Gasteiger charge is 2.24. The summed E-state index contributed by atoms with van der Waals surface area (Å²) in [5, 5.41) is 3.23. The van der Waals surface area contributed by atoms with Crippen molar-refractivity contribution in [1.29, 1.82) is 0 Å². The van der Waals surface area contributed by atoms with Crippen LogP contribution < -0.4 is 10.1 Å². The van der Waals surface area contributed by atoms with Crippen LogP contribution in [-0.4, -0.2) is 92.6 Å². The molecule has 2 aliphatic heterocycles. The number of piperazine rings is 1. The molecule has 2 saturated heterocycles. The predicted molar refractivity (Wildman–Crippen MR) is 122 cm³/mol. The predicted octanol–water partition coefficient (Wildman–Crippen LogP) is 1.78. The summed E-state index contributed by atoms with van der Waals surface area (Å²) < 4.78 is 31.6. The Morgan fingerprint density at radius 1 is 1.07 bits per heavy atom. The van der Waals surface area contributed by atoms with Crippen molar-refractivity contribution in [1.82, 2.24) is 20.0 Å². The van der Waals surface area contributed by atoms with Crippen molar-refractivity contribution in [2.45, 2.75) is 12.8 Å². The van der Waals surface area contributed by atoms with Crippen LogP contribution in [0.2, 0.25) is 0 Å². The van der Waals surface area contributed by atoms with E-state index in [0.717, 1.165) is 70.2 Å². The molecule has 0 bridgehead atoms. The maximum atomic E-state index is 13.2. The van der Waals surface area contributed by atoms with Crippen LogP contribution in [0.4, 0.5) is 8.78 Å². The number of likely N-dealkylation sites (tertiary alicyclic amines) is 1. The van der Waals surface area contributed by atoms with Crippen LogP contribution >= 0.6 is 24.0 Å². The summed E-state index contributed by atoms with van der Waals surface area (Å²) in [5.41, 5.74) is 0. The summed E-state index contributed by atoms with van der Waals surface area (Å²) in [7, 11) is 1.72. The average molecular weight is 537 g/mol. The Morgan fingerprint density at radius 2 is 1.77 bits per heavy atom. The van der Waals surface area contributed by atoms with Crippen LogP contribution in [0.15, 0.2) is 23.2 Å². The zero-order valence-electron chi connectivity index (χ0n) is 17.3. The molecule has 168 valence electrons. The Labute approximate surface area is 193 Å². The maximum Gasteiger partial charge on any atom is 0.236 e. The number of ether oxygens (including phenoxy) is 1. The number of carbonyl (C=O) groups is 1. The second kappa shape index (κ2) is 12.2. The minimum absolute atomic E-state index is 0. The third kappa shape index (κ3) is 6.93. The lowest BCUT2D eigenvalue weighted by atomic mass is 10.3. The van der Waals surface area contributed by atoms with E-state index in [1.165, 1.54) is 6.07 Å². The zero-order chi connectivity index (χ0) is 20.6. The highest BCUT2D eigenvalue weighted by atomic mass is 127. The van der Waals surface area contributed by atoms with Crippen LogP contribution in [0.1, 0.15) is 12.8 Å². The molecule has 1 aromatic rings. The highest BCUT2D eigenvalue weighted by Crippen LogP contribution is 2.15. The molecule has 0 spiro atoms. The molecule has 0 saturated carbocycles. The van der Waals surface area contributed by atoms with Gasteiger partial charge in [-0.05, 0) is 25.0 Å². The van der Waals surface area contributed by atoms with Gasteiger partial charge in [0, 0.05) is 52.4 Å². The number of aliphatic imine (C=N–C) groups is 1. The van der Waals surface area contributed by atoms with Crippen LogP contribution in [0.3, 0.4) is 0 Å². The van der Waals surface area contributed by atoms with E-state index >= 15 is 0 Å². The Balaban J connectivity index is 0.00000320. The lowest BCUT2D eigenvalue weighted by Gasteiger charge is -2.36. The normalized spacial score (nSPS) is 17.6. The molecule has 1 N–H and O–H groups in total. The van der Waals surface area contributed by atoms with Gasteiger partial charge in [-0.1, -0.05) is 0 Å². The van der Waals surface area contributed by atoms with E-state index in [4.69, 9.17) is 4.74 Å². The van der Waals surface area contributed by atoms with Crippen LogP contribution in [0, 0.1) is 11.6 Å². The molecule has 30 heavy (non-hydrogen) atoms. The van der Waals surface area contributed by atoms with Crippen LogP contribution in [0.25, 0.3) is 0 Å². The van der Waals surface area contributed by atoms with Gasteiger partial charge in [0.2, 0.25) is 5.91 Å². The standard InChI is InChI=1S/C20H29F2N5O2.HI/c1-23-20(24-6-13-29-16-4-5-17(21)18(22)14-16)27-11-9-25(10-12-27)15-19(28)26-7-2-3-8-26;/h4-5,14H,2-3,6-13,15H2,1H3,(H,23,24);1H. The van der Waals surface area contributed by atoms with E-state index in [9.17, 15) is 13.6 Å². The summed E-state index contributed by atoms with van der Waals surface area (Å²) in [6.07, 6.45) is 2.22. The lowest BCUT2D eigenvalue weighted by Crippen LogP contribution is -2.54. The molecule has 2 fully saturated rings. The molecule has 0 atom stereocenters. The molecule has 10 heteroatoms. The first-order valence-electron chi connectivity index (χ1n) is 10.1. The van der Waals surface area contributed by atoms with Gasteiger partial charge in [0.25, 0.3) is 0 Å². The Bertz CT molecular complexity index is 723. The summed E-state index contributed by atoms with van der Waals surface area (Å²) in [6, 6.07) is 3.48. The Hall–Kier alpha value is -1.69. The van der Waals surface area contributed by atoms with E-state index < -0.39 is 11.6 Å². The third-order valence-electron chi connectivity index (χ3n) is 5.25. The number of guanidine groups is 1. The van der Waals surface area contributed by atoms with Crippen molar-refractivity contribution in [3.8, 4) is 5.75 Å². The fourth-order valence-corrected chi connectivity index (χ4v) is 3.61. The minimum atomic E-state index is -0.924. The molecule has 0 aliphatic carbocycles. The van der Waals surface area contributed by atoms with Gasteiger partial charge in [0.1, 0.15) is 12.4 Å². The fourth-order valence-electron chi connectivity index (χ4n) is 3.61. The van der Waals surface area contributed by atoms with Gasteiger partial charge < -0.3 is 19.9 Å². The zero-order valence-corrected chi connectivity index (χ0v) is 19.6. The van der Waals surface area contributed by atoms with Crippen molar-refractivity contribution < 1.29 is 18.3 Å². The van der Waals surface area contributed by atoms with Gasteiger partial charge in [-0.2, -0.15) is 0 Å². The van der Waals surface area contributed by atoms with Gasteiger partial charge in [0.15, 0.2) is 17.6 Å². The van der Waals surface area contributed by atoms with E-state index in [1.807, 2.05) is 4.90 Å². The largest absolute Gasteiger partial charge is 0.492 e. The fraction of sp³-hybridized carbons (Fsp3) is 0.600. The number of carbonyl (C=O) groups excluding carboxylic acids is 1. The first kappa shape index (κ1) is 24.6. The smallest absolute Gasteiger partial charge is 0.236 e. The Morgan fingerprint density at radius 3 is 2.40 bits per heavy atom. The van der Waals surface area contributed by atoms with Crippen LogP contribution in [-0.2, 0) is 4.79 Å². The lowest BCUT2D eigenvalue weighted by molar-refractivity contribution is -0.131. The van der Waals surface area contributed by atoms with E-state index in [1.54, 1.807) is 7.05 Å². The number of hydrogen-bond donors (Lipinski definition) is 1. The number of benzene rings is 1. The van der Waals surface area contributed by atoms with Gasteiger partial charge in [-0.15, -0.1) is 24.0 Å². The molecule has 0 radical (unpaired) electrons. The number of nitrogens with zero attached hydrogens (tertiary/aromatic N) is 4. The number of nitrogens with one attached hydrogen (secondary N) is 1. The van der Waals surface area contributed by atoms with Gasteiger partial charge >= 0.3 is 0 Å². The summed E-state index contributed by atoms with van der Waals surface area (Å²) in [5.74, 6) is -0.529. The first-order valence-corrected chi connectivity index (χ1v) is 10.1. The molecule has 0 aromatic heterocycles. The SMILES string of the molecule is CN=C(NCCOc1ccc(F)c(F)c1)N1CCN(CC(=O)N2CCCC2)CC1.I. The summed E-state index contributed by atoms with van der Waals surface area (Å²) in [6.45, 7) is 6.25. The van der Waals surface area contributed by atoms with E-state index in [-0.39, 0.29) is 35.6 Å². The van der Waals surface area contributed by atoms with Crippen molar-refractivity contribution in [3.63, 3.8) is 0 Å². The second-order valence-corrected chi connectivity index (χ2v) is 7.25. The molecule has 0 unspecified atom stereocenters. The third-order valence-corrected chi connectivity index (χ3v) is 5.25. The van der Waals surface area contributed by atoms with E-state index in [2.05, 4.69) is 20.1 Å². The Kier molecular flexibility index (Phi) is 10.0. The summed E-state index contributed by atoms with van der Waals surface area (Å²) >= 11 is 0. The summed E-state index contributed by atoms with van der Waals surface area (Å²) in [4.78, 5) is 22.9. The molecular formula is C20H30F2IN5O2. The van der Waals surface area contributed by atoms with Crippen molar-refractivity contribution in [2.75, 3.05) is 66.0 Å². The quantitative estimate of drug-likeness (QED) is 0.260. The van der Waals surface area contributed by atoms with E-state index in [0.29, 0.717) is 19.7 Å². The number of hydrogen-bond acceptors (Lipinski definition) is 4. The highest BCUT2D eigenvalue weighted by molar-refractivity contribution is 14.0. The van der Waals surface area contributed by atoms with Gasteiger partial charge in [-0.25, -0.2) is 8.78 Å². The van der Waals surface area contributed by atoms with Crippen LogP contribution in [0.5, 0.6) is 5.75 Å². The average Bonchev–Trinajstić information content (AvgIpc) is 3.27. The van der Waals surface area contributed by atoms with Crippen molar-refractivity contribution >= 4 is 35.8 Å².